The molecule has 4 aromatic rings. The van der Waals surface area contributed by atoms with E-state index in [4.69, 9.17) is 26.1 Å². The summed E-state index contributed by atoms with van der Waals surface area (Å²) < 4.78 is 13.4. The molecule has 0 N–H and O–H groups in total. The highest BCUT2D eigenvalue weighted by Crippen LogP contribution is 2.24. The van der Waals surface area contributed by atoms with E-state index in [1.807, 2.05) is 37.3 Å². The molecule has 0 unspecified atom stereocenters. The molecule has 0 aliphatic rings. The molecule has 176 valence electrons. The summed E-state index contributed by atoms with van der Waals surface area (Å²) in [4.78, 5) is 18.0. The Labute approximate surface area is 204 Å². The Morgan fingerprint density at radius 1 is 0.971 bits per heavy atom. The molecule has 0 amide bonds. The van der Waals surface area contributed by atoms with Crippen LogP contribution in [-0.4, -0.2) is 29.4 Å². The van der Waals surface area contributed by atoms with Crippen LogP contribution in [0, 0.1) is 6.92 Å². The van der Waals surface area contributed by atoms with E-state index < -0.39 is 0 Å². The fourth-order valence-corrected chi connectivity index (χ4v) is 3.92. The van der Waals surface area contributed by atoms with E-state index in [-0.39, 0.29) is 5.56 Å². The lowest BCUT2D eigenvalue weighted by molar-refractivity contribution is 0.0938. The van der Waals surface area contributed by atoms with Gasteiger partial charge in [-0.2, -0.15) is 0 Å². The molecule has 0 radical (unpaired) electrons. The smallest absolute Gasteiger partial charge is 0.261 e. The van der Waals surface area contributed by atoms with Crippen molar-refractivity contribution in [2.24, 2.45) is 0 Å². The van der Waals surface area contributed by atoms with Gasteiger partial charge < -0.3 is 9.47 Å². The van der Waals surface area contributed by atoms with Crippen LogP contribution in [0.15, 0.2) is 71.5 Å². The molecule has 0 fully saturated rings. The molecule has 6 heteroatoms. The molecule has 0 spiro atoms. The van der Waals surface area contributed by atoms with Gasteiger partial charge in [0.2, 0.25) is 0 Å². The zero-order valence-electron chi connectivity index (χ0n) is 19.8. The lowest BCUT2D eigenvalue weighted by atomic mass is 10.0. The second kappa shape index (κ2) is 10.9. The number of nitrogens with zero attached hydrogens (tertiary/aromatic N) is 2. The first-order valence-electron chi connectivity index (χ1n) is 11.5. The molecule has 1 heterocycles. The Bertz CT molecular complexity index is 1330. The normalized spacial score (nSPS) is 11.3. The Balaban J connectivity index is 1.44. The largest absolute Gasteiger partial charge is 0.491 e. The van der Waals surface area contributed by atoms with Gasteiger partial charge in [0.1, 0.15) is 18.2 Å². The fraction of sp³-hybridized carbons (Fsp3) is 0.286. The lowest BCUT2D eigenvalue weighted by Crippen LogP contribution is -2.26. The van der Waals surface area contributed by atoms with E-state index in [1.165, 1.54) is 5.56 Å². The quantitative estimate of drug-likeness (QED) is 0.268. The van der Waals surface area contributed by atoms with Crippen LogP contribution in [0.4, 0.5) is 0 Å². The first-order chi connectivity index (χ1) is 16.4. The number of hydrogen-bond acceptors (Lipinski definition) is 4. The van der Waals surface area contributed by atoms with E-state index in [0.29, 0.717) is 54.0 Å². The van der Waals surface area contributed by atoms with Gasteiger partial charge in [-0.15, -0.1) is 0 Å². The molecule has 0 atom stereocenters. The molecule has 0 saturated carbocycles. The monoisotopic (exact) mass is 476 g/mol. The summed E-state index contributed by atoms with van der Waals surface area (Å²) in [5.74, 6) is 1.93. The number of aromatic nitrogens is 2. The Hall–Kier alpha value is -3.15. The van der Waals surface area contributed by atoms with Crippen molar-refractivity contribution in [3.05, 3.63) is 93.2 Å². The summed E-state index contributed by atoms with van der Waals surface area (Å²) in [5, 5.41) is 1.22. The summed E-state index contributed by atoms with van der Waals surface area (Å²) >= 11 is 6.05. The van der Waals surface area contributed by atoms with Crippen molar-refractivity contribution in [1.29, 1.82) is 0 Å². The van der Waals surface area contributed by atoms with Crippen molar-refractivity contribution >= 4 is 22.5 Å². The number of rotatable bonds is 9. The molecule has 1 aromatic heterocycles. The number of halogens is 1. The van der Waals surface area contributed by atoms with Crippen LogP contribution < -0.4 is 10.3 Å². The van der Waals surface area contributed by atoms with Gasteiger partial charge in [0.25, 0.3) is 5.56 Å². The Morgan fingerprint density at radius 2 is 1.74 bits per heavy atom. The maximum Gasteiger partial charge on any atom is 0.261 e. The number of fused-ring (bicyclic) bond motifs is 1. The van der Waals surface area contributed by atoms with Gasteiger partial charge in [-0.3, -0.25) is 9.36 Å². The summed E-state index contributed by atoms with van der Waals surface area (Å²) in [6.07, 6.45) is 0. The van der Waals surface area contributed by atoms with Crippen molar-refractivity contribution in [2.45, 2.75) is 33.2 Å². The van der Waals surface area contributed by atoms with Crippen molar-refractivity contribution in [3.8, 4) is 17.1 Å². The highest BCUT2D eigenvalue weighted by Gasteiger charge is 2.13. The standard InChI is InChI=1S/C28H29ClN2O3/c1-19(2)22-9-8-20(3)26(18-22)34-17-16-33-15-14-31-27(21-10-12-23(29)13-11-21)30-25-7-5-4-6-24(25)28(31)32/h4-13,18-19H,14-17H2,1-3H3. The van der Waals surface area contributed by atoms with E-state index in [2.05, 4.69) is 32.0 Å². The summed E-state index contributed by atoms with van der Waals surface area (Å²) in [5.41, 5.74) is 3.76. The predicted molar refractivity (Wildman–Crippen MR) is 138 cm³/mol. The number of para-hydroxylation sites is 1. The zero-order valence-corrected chi connectivity index (χ0v) is 20.5. The molecule has 4 rings (SSSR count). The predicted octanol–water partition coefficient (Wildman–Crippen LogP) is 6.24. The number of hydrogen-bond donors (Lipinski definition) is 0. The average molecular weight is 477 g/mol. The zero-order chi connectivity index (χ0) is 24.1. The second-order valence-corrected chi connectivity index (χ2v) is 8.99. The molecule has 0 bridgehead atoms. The van der Waals surface area contributed by atoms with Crippen molar-refractivity contribution < 1.29 is 9.47 Å². The minimum Gasteiger partial charge on any atom is -0.491 e. The summed E-state index contributed by atoms with van der Waals surface area (Å²) in [6, 6.07) is 21.0. The second-order valence-electron chi connectivity index (χ2n) is 8.56. The fourth-order valence-electron chi connectivity index (χ4n) is 3.79. The van der Waals surface area contributed by atoms with Gasteiger partial charge >= 0.3 is 0 Å². The molecule has 0 saturated heterocycles. The average Bonchev–Trinajstić information content (AvgIpc) is 2.83. The third kappa shape index (κ3) is 5.49. The molecular formula is C28H29ClN2O3. The molecule has 3 aromatic carbocycles. The van der Waals surface area contributed by atoms with Gasteiger partial charge in [0.15, 0.2) is 0 Å². The lowest BCUT2D eigenvalue weighted by Gasteiger charge is -2.15. The SMILES string of the molecule is Cc1ccc(C(C)C)cc1OCCOCCn1c(-c2ccc(Cl)cc2)nc2ccccc2c1=O. The van der Waals surface area contributed by atoms with Crippen LogP contribution in [0.25, 0.3) is 22.3 Å². The number of benzene rings is 3. The Kier molecular flexibility index (Phi) is 7.66. The van der Waals surface area contributed by atoms with Gasteiger partial charge in [0, 0.05) is 10.6 Å². The molecule has 34 heavy (non-hydrogen) atoms. The van der Waals surface area contributed by atoms with Crippen LogP contribution in [0.1, 0.15) is 30.9 Å². The van der Waals surface area contributed by atoms with Crippen molar-refractivity contribution in [1.82, 2.24) is 9.55 Å². The maximum atomic E-state index is 13.2. The van der Waals surface area contributed by atoms with Crippen LogP contribution in [0.2, 0.25) is 5.02 Å². The van der Waals surface area contributed by atoms with Gasteiger partial charge in [-0.05, 0) is 66.4 Å². The maximum absolute atomic E-state index is 13.2. The molecule has 0 aliphatic heterocycles. The van der Waals surface area contributed by atoms with Gasteiger partial charge in [-0.1, -0.05) is 49.7 Å². The number of aryl methyl sites for hydroxylation is 1. The summed E-state index contributed by atoms with van der Waals surface area (Å²) in [7, 11) is 0. The molecule has 0 aliphatic carbocycles. The van der Waals surface area contributed by atoms with Crippen LogP contribution in [0.3, 0.4) is 0 Å². The van der Waals surface area contributed by atoms with E-state index in [0.717, 1.165) is 16.9 Å². The summed E-state index contributed by atoms with van der Waals surface area (Å²) in [6.45, 7) is 8.00. The van der Waals surface area contributed by atoms with Crippen LogP contribution in [0.5, 0.6) is 5.75 Å². The highest BCUT2D eigenvalue weighted by molar-refractivity contribution is 6.30. The minimum absolute atomic E-state index is 0.0866. The molecular weight excluding hydrogens is 448 g/mol. The van der Waals surface area contributed by atoms with E-state index in [9.17, 15) is 4.79 Å². The first-order valence-corrected chi connectivity index (χ1v) is 11.9. The topological polar surface area (TPSA) is 53.4 Å². The van der Waals surface area contributed by atoms with Gasteiger partial charge in [0.05, 0.1) is 30.7 Å². The van der Waals surface area contributed by atoms with Crippen molar-refractivity contribution in [3.63, 3.8) is 0 Å². The third-order valence-corrected chi connectivity index (χ3v) is 6.04. The van der Waals surface area contributed by atoms with Crippen molar-refractivity contribution in [2.75, 3.05) is 19.8 Å². The number of ether oxygens (including phenoxy) is 2. The van der Waals surface area contributed by atoms with Crippen LogP contribution >= 0.6 is 11.6 Å². The van der Waals surface area contributed by atoms with E-state index >= 15 is 0 Å². The van der Waals surface area contributed by atoms with Crippen LogP contribution in [-0.2, 0) is 11.3 Å². The van der Waals surface area contributed by atoms with Gasteiger partial charge in [-0.25, -0.2) is 4.98 Å². The molecule has 5 nitrogen and oxygen atoms in total. The highest BCUT2D eigenvalue weighted by atomic mass is 35.5. The minimum atomic E-state index is -0.0866. The Morgan fingerprint density at radius 3 is 2.50 bits per heavy atom. The van der Waals surface area contributed by atoms with E-state index in [1.54, 1.807) is 22.8 Å². The first kappa shape index (κ1) is 24.0. The third-order valence-electron chi connectivity index (χ3n) is 5.79.